The van der Waals surface area contributed by atoms with Crippen LogP contribution in [0.2, 0.25) is 0 Å². The topological polar surface area (TPSA) is 58.3 Å². The SMILES string of the molecule is CCc1cnc(CNC(C)c2ccc(C)cc2O)o1. The summed E-state index contributed by atoms with van der Waals surface area (Å²) in [4.78, 5) is 4.20. The maximum absolute atomic E-state index is 9.92. The minimum absolute atomic E-state index is 0.0394. The number of hydrogen-bond donors (Lipinski definition) is 2. The fourth-order valence-corrected chi connectivity index (χ4v) is 1.96. The van der Waals surface area contributed by atoms with E-state index in [0.717, 1.165) is 23.3 Å². The average molecular weight is 260 g/mol. The molecule has 1 unspecified atom stereocenters. The van der Waals surface area contributed by atoms with Gasteiger partial charge in [-0.1, -0.05) is 19.1 Å². The Labute approximate surface area is 113 Å². The molecule has 19 heavy (non-hydrogen) atoms. The van der Waals surface area contributed by atoms with Crippen molar-refractivity contribution in [3.05, 3.63) is 47.2 Å². The van der Waals surface area contributed by atoms with Gasteiger partial charge in [0.2, 0.25) is 5.89 Å². The number of aromatic nitrogens is 1. The van der Waals surface area contributed by atoms with Crippen LogP contribution in [0.3, 0.4) is 0 Å². The van der Waals surface area contributed by atoms with Crippen LogP contribution >= 0.6 is 0 Å². The lowest BCUT2D eigenvalue weighted by Gasteiger charge is -2.14. The Morgan fingerprint density at radius 2 is 2.21 bits per heavy atom. The molecule has 4 heteroatoms. The van der Waals surface area contributed by atoms with Gasteiger partial charge >= 0.3 is 0 Å². The third-order valence-electron chi connectivity index (χ3n) is 3.16. The van der Waals surface area contributed by atoms with Crippen molar-refractivity contribution in [3.8, 4) is 5.75 Å². The summed E-state index contributed by atoms with van der Waals surface area (Å²) in [5.74, 6) is 1.89. The number of phenols is 1. The summed E-state index contributed by atoms with van der Waals surface area (Å²) in [5.41, 5.74) is 1.93. The van der Waals surface area contributed by atoms with E-state index in [9.17, 15) is 5.11 Å². The zero-order valence-electron chi connectivity index (χ0n) is 11.6. The van der Waals surface area contributed by atoms with Crippen molar-refractivity contribution in [2.24, 2.45) is 0 Å². The second kappa shape index (κ2) is 5.89. The van der Waals surface area contributed by atoms with Crippen molar-refractivity contribution in [1.82, 2.24) is 10.3 Å². The number of oxazole rings is 1. The van der Waals surface area contributed by atoms with Gasteiger partial charge in [0.15, 0.2) is 0 Å². The number of phenolic OH excluding ortho intramolecular Hbond substituents is 1. The van der Waals surface area contributed by atoms with E-state index in [0.29, 0.717) is 18.2 Å². The Kier molecular flexibility index (Phi) is 4.22. The van der Waals surface area contributed by atoms with Gasteiger partial charge in [0.1, 0.15) is 11.5 Å². The first kappa shape index (κ1) is 13.6. The fourth-order valence-electron chi connectivity index (χ4n) is 1.96. The first-order chi connectivity index (χ1) is 9.10. The summed E-state index contributed by atoms with van der Waals surface area (Å²) in [6.07, 6.45) is 2.60. The van der Waals surface area contributed by atoms with Gasteiger partial charge in [0.25, 0.3) is 0 Å². The smallest absolute Gasteiger partial charge is 0.208 e. The molecule has 0 saturated carbocycles. The third-order valence-corrected chi connectivity index (χ3v) is 3.16. The van der Waals surface area contributed by atoms with Crippen LogP contribution in [0.5, 0.6) is 5.75 Å². The molecule has 0 radical (unpaired) electrons. The third kappa shape index (κ3) is 3.35. The molecule has 4 nitrogen and oxygen atoms in total. The molecule has 0 saturated heterocycles. The lowest BCUT2D eigenvalue weighted by Crippen LogP contribution is -2.18. The summed E-state index contributed by atoms with van der Waals surface area (Å²) in [6, 6.07) is 5.74. The van der Waals surface area contributed by atoms with E-state index in [-0.39, 0.29) is 6.04 Å². The van der Waals surface area contributed by atoms with Crippen LogP contribution < -0.4 is 5.32 Å². The van der Waals surface area contributed by atoms with Crippen molar-refractivity contribution < 1.29 is 9.52 Å². The average Bonchev–Trinajstić information content (AvgIpc) is 2.84. The highest BCUT2D eigenvalue weighted by Crippen LogP contribution is 2.25. The summed E-state index contributed by atoms with van der Waals surface area (Å²) >= 11 is 0. The fraction of sp³-hybridized carbons (Fsp3) is 0.400. The van der Waals surface area contributed by atoms with Crippen LogP contribution in [0.15, 0.2) is 28.8 Å². The Bertz CT molecular complexity index is 549. The molecular weight excluding hydrogens is 240 g/mol. The van der Waals surface area contributed by atoms with Gasteiger partial charge in [-0.05, 0) is 25.5 Å². The summed E-state index contributed by atoms with van der Waals surface area (Å²) < 4.78 is 5.53. The van der Waals surface area contributed by atoms with E-state index >= 15 is 0 Å². The molecule has 1 heterocycles. The van der Waals surface area contributed by atoms with Gasteiger partial charge in [-0.3, -0.25) is 0 Å². The molecule has 1 aromatic heterocycles. The molecule has 102 valence electrons. The monoisotopic (exact) mass is 260 g/mol. The van der Waals surface area contributed by atoms with Crippen LogP contribution in [0, 0.1) is 6.92 Å². The van der Waals surface area contributed by atoms with Crippen LogP contribution in [0.1, 0.15) is 42.7 Å². The molecule has 2 rings (SSSR count). The van der Waals surface area contributed by atoms with Crippen molar-refractivity contribution in [2.45, 2.75) is 39.8 Å². The highest BCUT2D eigenvalue weighted by Gasteiger charge is 2.11. The van der Waals surface area contributed by atoms with Gasteiger partial charge in [0, 0.05) is 18.0 Å². The van der Waals surface area contributed by atoms with Gasteiger partial charge in [-0.2, -0.15) is 0 Å². The van der Waals surface area contributed by atoms with Crippen LogP contribution in [-0.4, -0.2) is 10.1 Å². The number of rotatable bonds is 5. The van der Waals surface area contributed by atoms with E-state index in [1.807, 2.05) is 32.9 Å². The maximum atomic E-state index is 9.92. The van der Waals surface area contributed by atoms with Crippen LogP contribution in [-0.2, 0) is 13.0 Å². The first-order valence-corrected chi connectivity index (χ1v) is 6.56. The molecule has 0 aliphatic heterocycles. The lowest BCUT2D eigenvalue weighted by molar-refractivity contribution is 0.414. The standard InChI is InChI=1S/C15H20N2O2/c1-4-12-8-17-15(19-12)9-16-11(3)13-6-5-10(2)7-14(13)18/h5-8,11,16,18H,4,9H2,1-3H3. The van der Waals surface area contributed by atoms with Crippen molar-refractivity contribution >= 4 is 0 Å². The minimum Gasteiger partial charge on any atom is -0.508 e. The molecule has 0 amide bonds. The molecule has 0 aliphatic carbocycles. The number of benzene rings is 1. The summed E-state index contributed by atoms with van der Waals surface area (Å²) in [6.45, 7) is 6.55. The summed E-state index contributed by atoms with van der Waals surface area (Å²) in [5, 5.41) is 13.2. The number of hydrogen-bond acceptors (Lipinski definition) is 4. The van der Waals surface area contributed by atoms with Crippen molar-refractivity contribution in [1.29, 1.82) is 0 Å². The number of aromatic hydroxyl groups is 1. The Morgan fingerprint density at radius 1 is 1.42 bits per heavy atom. The largest absolute Gasteiger partial charge is 0.508 e. The molecule has 0 spiro atoms. The van der Waals surface area contributed by atoms with Crippen molar-refractivity contribution in [2.75, 3.05) is 0 Å². The Morgan fingerprint density at radius 3 is 2.84 bits per heavy atom. The van der Waals surface area contributed by atoms with E-state index in [2.05, 4.69) is 10.3 Å². The maximum Gasteiger partial charge on any atom is 0.208 e. The second-order valence-electron chi connectivity index (χ2n) is 4.74. The number of nitrogens with zero attached hydrogens (tertiary/aromatic N) is 1. The highest BCUT2D eigenvalue weighted by atomic mass is 16.4. The Balaban J connectivity index is 1.98. The molecule has 2 aromatic rings. The minimum atomic E-state index is 0.0394. The molecule has 1 aromatic carbocycles. The highest BCUT2D eigenvalue weighted by molar-refractivity contribution is 5.37. The van der Waals surface area contributed by atoms with Gasteiger partial charge < -0.3 is 14.8 Å². The quantitative estimate of drug-likeness (QED) is 0.867. The normalized spacial score (nSPS) is 12.6. The van der Waals surface area contributed by atoms with Crippen LogP contribution in [0.4, 0.5) is 0 Å². The second-order valence-corrected chi connectivity index (χ2v) is 4.74. The van der Waals surface area contributed by atoms with E-state index < -0.39 is 0 Å². The van der Waals surface area contributed by atoms with E-state index in [1.165, 1.54) is 0 Å². The van der Waals surface area contributed by atoms with Gasteiger partial charge in [0.05, 0.1) is 12.7 Å². The van der Waals surface area contributed by atoms with E-state index in [1.54, 1.807) is 12.3 Å². The predicted octanol–water partition coefficient (Wildman–Crippen LogP) is 3.10. The molecule has 2 N–H and O–H groups in total. The Hall–Kier alpha value is -1.81. The van der Waals surface area contributed by atoms with Crippen LogP contribution in [0.25, 0.3) is 0 Å². The first-order valence-electron chi connectivity index (χ1n) is 6.56. The van der Waals surface area contributed by atoms with Crippen molar-refractivity contribution in [3.63, 3.8) is 0 Å². The molecule has 0 fully saturated rings. The molecule has 0 bridgehead atoms. The number of aryl methyl sites for hydroxylation is 2. The zero-order chi connectivity index (χ0) is 13.8. The summed E-state index contributed by atoms with van der Waals surface area (Å²) in [7, 11) is 0. The van der Waals surface area contributed by atoms with Gasteiger partial charge in [-0.15, -0.1) is 0 Å². The molecule has 0 aliphatic rings. The number of nitrogens with one attached hydrogen (secondary N) is 1. The molecular formula is C15H20N2O2. The van der Waals surface area contributed by atoms with Gasteiger partial charge in [-0.25, -0.2) is 4.98 Å². The molecule has 1 atom stereocenters. The predicted molar refractivity (Wildman–Crippen MR) is 74.0 cm³/mol. The van der Waals surface area contributed by atoms with E-state index in [4.69, 9.17) is 4.42 Å². The zero-order valence-corrected chi connectivity index (χ0v) is 11.6. The lowest BCUT2D eigenvalue weighted by atomic mass is 10.1.